The van der Waals surface area contributed by atoms with Crippen LogP contribution in [0.4, 0.5) is 0 Å². The summed E-state index contributed by atoms with van der Waals surface area (Å²) in [4.78, 5) is 0. The van der Waals surface area contributed by atoms with E-state index in [-0.39, 0.29) is 0 Å². The first kappa shape index (κ1) is 11.8. The highest BCUT2D eigenvalue weighted by Crippen LogP contribution is 2.23. The largest absolute Gasteiger partial charge is 0.140 e. The number of rotatable bonds is 2. The van der Waals surface area contributed by atoms with Crippen LogP contribution >= 0.6 is 0 Å². The first-order chi connectivity index (χ1) is 9.34. The van der Waals surface area contributed by atoms with Gasteiger partial charge in [-0.3, -0.25) is 0 Å². The summed E-state index contributed by atoms with van der Waals surface area (Å²) in [6.07, 6.45) is 0. The highest BCUT2D eigenvalue weighted by molar-refractivity contribution is 6.35. The van der Waals surface area contributed by atoms with Crippen LogP contribution in [0.1, 0.15) is 0 Å². The molecule has 0 fully saturated rings. The quantitative estimate of drug-likeness (QED) is 0.605. The zero-order chi connectivity index (χ0) is 13.1. The number of hydrogen-bond donors (Lipinski definition) is 0. The SMILES string of the molecule is Bc1ccccc1-c1ccc(-c2ccccc2)cc1. The lowest BCUT2D eigenvalue weighted by Gasteiger charge is -2.07. The molecule has 0 unspecified atom stereocenters. The molecule has 3 rings (SSSR count). The molecule has 0 aromatic heterocycles. The highest BCUT2D eigenvalue weighted by atomic mass is 14.0. The Balaban J connectivity index is 1.98. The fourth-order valence-corrected chi connectivity index (χ4v) is 2.37. The van der Waals surface area contributed by atoms with E-state index in [0.717, 1.165) is 0 Å². The van der Waals surface area contributed by atoms with Crippen LogP contribution in [0.15, 0.2) is 78.9 Å². The fourth-order valence-electron chi connectivity index (χ4n) is 2.37. The number of benzene rings is 3. The normalized spacial score (nSPS) is 10.3. The third kappa shape index (κ3) is 2.46. The summed E-state index contributed by atoms with van der Waals surface area (Å²) < 4.78 is 0. The molecule has 0 spiro atoms. The van der Waals surface area contributed by atoms with E-state index < -0.39 is 0 Å². The van der Waals surface area contributed by atoms with Crippen LogP contribution in [-0.4, -0.2) is 7.85 Å². The smallest absolute Gasteiger partial charge is 0.0813 e. The predicted octanol–water partition coefficient (Wildman–Crippen LogP) is 3.28. The Morgan fingerprint density at radius 1 is 0.474 bits per heavy atom. The molecule has 0 saturated heterocycles. The molecular weight excluding hydrogens is 227 g/mol. The molecule has 1 heteroatoms. The van der Waals surface area contributed by atoms with Crippen molar-refractivity contribution in [1.82, 2.24) is 0 Å². The van der Waals surface area contributed by atoms with Gasteiger partial charge in [-0.15, -0.1) is 0 Å². The molecule has 0 aliphatic carbocycles. The zero-order valence-electron chi connectivity index (χ0n) is 11.0. The molecule has 0 N–H and O–H groups in total. The molecule has 0 aliphatic heterocycles. The van der Waals surface area contributed by atoms with Gasteiger partial charge in [-0.25, -0.2) is 0 Å². The Kier molecular flexibility index (Phi) is 3.20. The van der Waals surface area contributed by atoms with Gasteiger partial charge >= 0.3 is 0 Å². The second kappa shape index (κ2) is 5.15. The van der Waals surface area contributed by atoms with E-state index in [0.29, 0.717) is 0 Å². The van der Waals surface area contributed by atoms with E-state index in [1.54, 1.807) is 0 Å². The van der Waals surface area contributed by atoms with E-state index in [4.69, 9.17) is 0 Å². The first-order valence-corrected chi connectivity index (χ1v) is 6.56. The molecule has 0 aliphatic rings. The summed E-state index contributed by atoms with van der Waals surface area (Å²) in [5.74, 6) is 0. The van der Waals surface area contributed by atoms with E-state index in [9.17, 15) is 0 Å². The Hall–Kier alpha value is -2.28. The molecule has 0 bridgehead atoms. The summed E-state index contributed by atoms with van der Waals surface area (Å²) >= 11 is 0. The van der Waals surface area contributed by atoms with Crippen molar-refractivity contribution in [2.24, 2.45) is 0 Å². The third-order valence-corrected chi connectivity index (χ3v) is 3.45. The van der Waals surface area contributed by atoms with Crippen molar-refractivity contribution < 1.29 is 0 Å². The van der Waals surface area contributed by atoms with Crippen molar-refractivity contribution >= 4 is 13.3 Å². The van der Waals surface area contributed by atoms with Gasteiger partial charge in [-0.2, -0.15) is 0 Å². The monoisotopic (exact) mass is 242 g/mol. The lowest BCUT2D eigenvalue weighted by molar-refractivity contribution is 1.60. The Morgan fingerprint density at radius 2 is 1.00 bits per heavy atom. The Bertz CT molecular complexity index is 670. The van der Waals surface area contributed by atoms with Crippen molar-refractivity contribution in [3.8, 4) is 22.3 Å². The summed E-state index contributed by atoms with van der Waals surface area (Å²) in [6.45, 7) is 0. The maximum Gasteiger partial charge on any atom is 0.140 e. The molecule has 0 atom stereocenters. The fraction of sp³-hybridized carbons (Fsp3) is 0. The minimum atomic E-state index is 1.26. The van der Waals surface area contributed by atoms with Crippen molar-refractivity contribution in [3.05, 3.63) is 78.9 Å². The molecule has 0 nitrogen and oxygen atoms in total. The van der Waals surface area contributed by atoms with Crippen LogP contribution in [0.3, 0.4) is 0 Å². The van der Waals surface area contributed by atoms with Crippen LogP contribution in [0.2, 0.25) is 0 Å². The van der Waals surface area contributed by atoms with Gasteiger partial charge in [-0.1, -0.05) is 84.3 Å². The van der Waals surface area contributed by atoms with Gasteiger partial charge in [0, 0.05) is 0 Å². The second-order valence-corrected chi connectivity index (χ2v) is 4.76. The standard InChI is InChI=1S/C18H15B/c19-18-9-5-4-8-17(18)16-12-10-15(11-13-16)14-6-2-1-3-7-14/h1-13H,19H2. The summed E-state index contributed by atoms with van der Waals surface area (Å²) in [6, 6.07) is 27.8. The van der Waals surface area contributed by atoms with Crippen molar-refractivity contribution in [3.63, 3.8) is 0 Å². The van der Waals surface area contributed by atoms with E-state index in [1.165, 1.54) is 27.7 Å². The molecule has 0 saturated carbocycles. The van der Waals surface area contributed by atoms with Gasteiger partial charge in [0.1, 0.15) is 7.85 Å². The molecular formula is C18H15B. The molecule has 0 heterocycles. The lowest BCUT2D eigenvalue weighted by Crippen LogP contribution is -2.05. The summed E-state index contributed by atoms with van der Waals surface area (Å²) in [7, 11) is 2.15. The third-order valence-electron chi connectivity index (χ3n) is 3.45. The van der Waals surface area contributed by atoms with Gasteiger partial charge in [-0.05, 0) is 22.3 Å². The van der Waals surface area contributed by atoms with Crippen LogP contribution < -0.4 is 5.46 Å². The predicted molar refractivity (Wildman–Crippen MR) is 85.5 cm³/mol. The van der Waals surface area contributed by atoms with Crippen LogP contribution in [0.25, 0.3) is 22.3 Å². The van der Waals surface area contributed by atoms with Crippen LogP contribution in [-0.2, 0) is 0 Å². The molecule has 19 heavy (non-hydrogen) atoms. The lowest BCUT2D eigenvalue weighted by atomic mass is 9.87. The Morgan fingerprint density at radius 3 is 1.68 bits per heavy atom. The average Bonchev–Trinajstić information content (AvgIpc) is 2.49. The summed E-state index contributed by atoms with van der Waals surface area (Å²) in [5, 5.41) is 0. The van der Waals surface area contributed by atoms with Gasteiger partial charge in [0.05, 0.1) is 0 Å². The van der Waals surface area contributed by atoms with E-state index in [1.807, 2.05) is 6.07 Å². The zero-order valence-corrected chi connectivity index (χ0v) is 11.0. The van der Waals surface area contributed by atoms with Crippen molar-refractivity contribution in [1.29, 1.82) is 0 Å². The highest BCUT2D eigenvalue weighted by Gasteiger charge is 2.01. The molecule has 3 aromatic rings. The van der Waals surface area contributed by atoms with E-state index in [2.05, 4.69) is 80.6 Å². The molecule has 0 radical (unpaired) electrons. The maximum atomic E-state index is 2.20. The molecule has 3 aromatic carbocycles. The minimum Gasteiger partial charge on any atom is -0.0813 e. The van der Waals surface area contributed by atoms with Crippen molar-refractivity contribution in [2.75, 3.05) is 0 Å². The second-order valence-electron chi connectivity index (χ2n) is 4.76. The molecule has 0 amide bonds. The van der Waals surface area contributed by atoms with Crippen molar-refractivity contribution in [2.45, 2.75) is 0 Å². The average molecular weight is 242 g/mol. The van der Waals surface area contributed by atoms with Crippen LogP contribution in [0.5, 0.6) is 0 Å². The van der Waals surface area contributed by atoms with Gasteiger partial charge in [0.25, 0.3) is 0 Å². The Labute approximate surface area is 115 Å². The number of hydrogen-bond acceptors (Lipinski definition) is 0. The van der Waals surface area contributed by atoms with Crippen LogP contribution in [0, 0.1) is 0 Å². The van der Waals surface area contributed by atoms with E-state index >= 15 is 0 Å². The van der Waals surface area contributed by atoms with Gasteiger partial charge < -0.3 is 0 Å². The van der Waals surface area contributed by atoms with Gasteiger partial charge in [0.2, 0.25) is 0 Å². The van der Waals surface area contributed by atoms with Gasteiger partial charge in [0.15, 0.2) is 0 Å². The topological polar surface area (TPSA) is 0 Å². The minimum absolute atomic E-state index is 1.26. The first-order valence-electron chi connectivity index (χ1n) is 6.56. The maximum absolute atomic E-state index is 2.20. The molecule has 90 valence electrons. The summed E-state index contributed by atoms with van der Waals surface area (Å²) in [5.41, 5.74) is 6.42.